The van der Waals surface area contributed by atoms with Crippen LogP contribution in [0.2, 0.25) is 0 Å². The third kappa shape index (κ3) is 3.30. The lowest BCUT2D eigenvalue weighted by Crippen LogP contribution is -2.10. The highest BCUT2D eigenvalue weighted by Crippen LogP contribution is 2.18. The number of hydrogen-bond donors (Lipinski definition) is 2. The summed E-state index contributed by atoms with van der Waals surface area (Å²) in [7, 11) is 0. The number of rotatable bonds is 4. The second-order valence-corrected chi connectivity index (χ2v) is 5.46. The van der Waals surface area contributed by atoms with E-state index in [1.165, 1.54) is 4.88 Å². The van der Waals surface area contributed by atoms with Gasteiger partial charge in [-0.3, -0.25) is 0 Å². The van der Waals surface area contributed by atoms with Crippen molar-refractivity contribution in [3.8, 4) is 0 Å². The first-order valence-corrected chi connectivity index (χ1v) is 7.00. The molecule has 0 atom stereocenters. The van der Waals surface area contributed by atoms with Gasteiger partial charge in [-0.1, -0.05) is 12.1 Å². The fourth-order valence-corrected chi connectivity index (χ4v) is 2.77. The van der Waals surface area contributed by atoms with Crippen molar-refractivity contribution in [2.45, 2.75) is 0 Å². The van der Waals surface area contributed by atoms with Gasteiger partial charge >= 0.3 is 0 Å². The fourth-order valence-electron chi connectivity index (χ4n) is 1.42. The summed E-state index contributed by atoms with van der Waals surface area (Å²) in [6.45, 7) is 0.450. The molecule has 0 spiro atoms. The van der Waals surface area contributed by atoms with E-state index in [1.807, 2.05) is 41.1 Å². The van der Waals surface area contributed by atoms with Crippen molar-refractivity contribution in [3.05, 3.63) is 56.1 Å². The Kier molecular flexibility index (Phi) is 4.14. The van der Waals surface area contributed by atoms with Crippen molar-refractivity contribution in [3.63, 3.8) is 0 Å². The van der Waals surface area contributed by atoms with E-state index in [4.69, 9.17) is 11.5 Å². The van der Waals surface area contributed by atoms with Gasteiger partial charge in [0.2, 0.25) is 0 Å². The topological polar surface area (TPSA) is 52.0 Å². The second-order valence-electron chi connectivity index (χ2n) is 3.50. The molecule has 0 amide bonds. The summed E-state index contributed by atoms with van der Waals surface area (Å²) < 4.78 is 0. The Hall–Kier alpha value is -1.36. The molecule has 4 heteroatoms. The zero-order valence-corrected chi connectivity index (χ0v) is 10.9. The Balaban J connectivity index is 2.24. The highest BCUT2D eigenvalue weighted by molar-refractivity contribution is 7.11. The minimum atomic E-state index is 0.450. The molecule has 0 saturated carbocycles. The van der Waals surface area contributed by atoms with Crippen molar-refractivity contribution in [1.82, 2.24) is 0 Å². The maximum atomic E-state index is 6.06. The number of nitrogens with two attached hydrogens (primary N) is 2. The molecule has 0 saturated heterocycles. The van der Waals surface area contributed by atoms with Crippen molar-refractivity contribution in [2.75, 3.05) is 6.54 Å². The Morgan fingerprint density at radius 3 is 2.12 bits per heavy atom. The summed E-state index contributed by atoms with van der Waals surface area (Å²) in [4.78, 5) is 2.32. The van der Waals surface area contributed by atoms with Crippen LogP contribution >= 0.6 is 22.7 Å². The van der Waals surface area contributed by atoms with Gasteiger partial charge < -0.3 is 11.5 Å². The van der Waals surface area contributed by atoms with Gasteiger partial charge in [0.05, 0.1) is 0 Å². The van der Waals surface area contributed by atoms with Gasteiger partial charge in [-0.25, -0.2) is 0 Å². The van der Waals surface area contributed by atoms with Gasteiger partial charge in [-0.15, -0.1) is 22.7 Å². The van der Waals surface area contributed by atoms with Crippen LogP contribution in [0.25, 0.3) is 12.2 Å². The van der Waals surface area contributed by atoms with Gasteiger partial charge in [0.15, 0.2) is 0 Å². The standard InChI is InChI=1S/C13H14N2S2/c14-9-10(7-11-3-1-5-16-11)13(15)8-12-4-2-6-17-12/h1-8H,9,14-15H2. The Morgan fingerprint density at radius 2 is 1.65 bits per heavy atom. The first-order valence-electron chi connectivity index (χ1n) is 5.25. The Labute approximate surface area is 109 Å². The SMILES string of the molecule is NCC(=Cc1cccs1)C(N)=Cc1cccs1. The van der Waals surface area contributed by atoms with Gasteiger partial charge in [0, 0.05) is 22.0 Å². The number of thiophene rings is 2. The molecular weight excluding hydrogens is 248 g/mol. The molecule has 4 N–H and O–H groups in total. The van der Waals surface area contributed by atoms with Crippen molar-refractivity contribution in [1.29, 1.82) is 0 Å². The van der Waals surface area contributed by atoms with Crippen molar-refractivity contribution in [2.24, 2.45) is 11.5 Å². The largest absolute Gasteiger partial charge is 0.398 e. The van der Waals surface area contributed by atoms with Crippen LogP contribution in [0.5, 0.6) is 0 Å². The van der Waals surface area contributed by atoms with E-state index in [-0.39, 0.29) is 0 Å². The average molecular weight is 262 g/mol. The lowest BCUT2D eigenvalue weighted by atomic mass is 10.1. The molecule has 0 aliphatic carbocycles. The highest BCUT2D eigenvalue weighted by Gasteiger charge is 2.01. The zero-order chi connectivity index (χ0) is 12.1. The molecule has 2 heterocycles. The molecule has 2 aromatic heterocycles. The Bertz CT molecular complexity index is 508. The third-order valence-corrected chi connectivity index (χ3v) is 3.93. The van der Waals surface area contributed by atoms with Gasteiger partial charge in [-0.05, 0) is 40.6 Å². The summed E-state index contributed by atoms with van der Waals surface area (Å²) in [5, 5.41) is 4.07. The van der Waals surface area contributed by atoms with Crippen LogP contribution in [-0.2, 0) is 0 Å². The molecule has 2 nitrogen and oxygen atoms in total. The summed E-state index contributed by atoms with van der Waals surface area (Å²) in [6.07, 6.45) is 4.01. The van der Waals surface area contributed by atoms with Crippen LogP contribution in [-0.4, -0.2) is 6.54 Å². The second kappa shape index (κ2) is 5.82. The average Bonchev–Trinajstić information content (AvgIpc) is 2.97. The van der Waals surface area contributed by atoms with E-state index in [2.05, 4.69) is 6.07 Å². The summed E-state index contributed by atoms with van der Waals surface area (Å²) >= 11 is 3.35. The van der Waals surface area contributed by atoms with Crippen molar-refractivity contribution < 1.29 is 0 Å². The fraction of sp³-hybridized carbons (Fsp3) is 0.0769. The van der Waals surface area contributed by atoms with Crippen molar-refractivity contribution >= 4 is 34.8 Å². The predicted molar refractivity (Wildman–Crippen MR) is 77.8 cm³/mol. The summed E-state index contributed by atoms with van der Waals surface area (Å²) in [5.74, 6) is 0. The first-order chi connectivity index (χ1) is 8.29. The molecule has 17 heavy (non-hydrogen) atoms. The minimum Gasteiger partial charge on any atom is -0.398 e. The smallest absolute Gasteiger partial charge is 0.0374 e. The molecular formula is C13H14N2S2. The van der Waals surface area contributed by atoms with E-state index in [0.717, 1.165) is 16.1 Å². The predicted octanol–water partition coefficient (Wildman–Crippen LogP) is 3.15. The molecule has 0 unspecified atom stereocenters. The highest BCUT2D eigenvalue weighted by atomic mass is 32.1. The first kappa shape index (κ1) is 12.1. The quantitative estimate of drug-likeness (QED) is 0.832. The van der Waals surface area contributed by atoms with E-state index in [0.29, 0.717) is 6.54 Å². The van der Waals surface area contributed by atoms with Crippen LogP contribution < -0.4 is 11.5 Å². The maximum Gasteiger partial charge on any atom is 0.0374 e. The van der Waals surface area contributed by atoms with E-state index in [9.17, 15) is 0 Å². The van der Waals surface area contributed by atoms with Crippen LogP contribution in [0.3, 0.4) is 0 Å². The molecule has 0 aliphatic heterocycles. The number of hydrogen-bond acceptors (Lipinski definition) is 4. The van der Waals surface area contributed by atoms with Crippen LogP contribution in [0, 0.1) is 0 Å². The molecule has 0 aromatic carbocycles. The molecule has 0 aliphatic rings. The molecule has 2 rings (SSSR count). The van der Waals surface area contributed by atoms with Crippen LogP contribution in [0.15, 0.2) is 46.3 Å². The lowest BCUT2D eigenvalue weighted by molar-refractivity contribution is 1.15. The molecule has 2 aromatic rings. The van der Waals surface area contributed by atoms with E-state index < -0.39 is 0 Å². The van der Waals surface area contributed by atoms with Gasteiger partial charge in [0.1, 0.15) is 0 Å². The normalized spacial score (nSPS) is 13.0. The maximum absolute atomic E-state index is 6.06. The summed E-state index contributed by atoms with van der Waals surface area (Å²) in [5.41, 5.74) is 13.5. The molecule has 0 radical (unpaired) electrons. The molecule has 0 bridgehead atoms. The lowest BCUT2D eigenvalue weighted by Gasteiger charge is -2.04. The zero-order valence-electron chi connectivity index (χ0n) is 9.30. The van der Waals surface area contributed by atoms with Crippen LogP contribution in [0.4, 0.5) is 0 Å². The molecule has 0 fully saturated rings. The van der Waals surface area contributed by atoms with Gasteiger partial charge in [-0.2, -0.15) is 0 Å². The minimum absolute atomic E-state index is 0.450. The van der Waals surface area contributed by atoms with Gasteiger partial charge in [0.25, 0.3) is 0 Å². The third-order valence-electron chi connectivity index (χ3n) is 2.29. The van der Waals surface area contributed by atoms with E-state index in [1.54, 1.807) is 22.7 Å². The summed E-state index contributed by atoms with van der Waals surface area (Å²) in [6, 6.07) is 8.12. The Morgan fingerprint density at radius 1 is 1.06 bits per heavy atom. The van der Waals surface area contributed by atoms with E-state index >= 15 is 0 Å². The monoisotopic (exact) mass is 262 g/mol. The van der Waals surface area contributed by atoms with Crippen LogP contribution in [0.1, 0.15) is 9.75 Å². The molecule has 88 valence electrons.